The molecule has 1 aliphatic heterocycles. The summed E-state index contributed by atoms with van der Waals surface area (Å²) in [6.07, 6.45) is 5.23. The van der Waals surface area contributed by atoms with Gasteiger partial charge in [0.15, 0.2) is 0 Å². The van der Waals surface area contributed by atoms with Crippen LogP contribution < -0.4 is 0 Å². The molecule has 3 heteroatoms. The van der Waals surface area contributed by atoms with Crippen LogP contribution in [-0.4, -0.2) is 34.3 Å². The molecule has 1 fully saturated rings. The van der Waals surface area contributed by atoms with Crippen molar-refractivity contribution >= 4 is 0 Å². The van der Waals surface area contributed by atoms with E-state index in [-0.39, 0.29) is 0 Å². The first kappa shape index (κ1) is 8.75. The molecule has 0 bridgehead atoms. The molecule has 13 heavy (non-hydrogen) atoms. The van der Waals surface area contributed by atoms with E-state index in [1.807, 2.05) is 23.1 Å². The largest absolute Gasteiger partial charge is 0.301 e. The zero-order valence-corrected chi connectivity index (χ0v) is 8.19. The van der Waals surface area contributed by atoms with Crippen LogP contribution in [0.4, 0.5) is 0 Å². The van der Waals surface area contributed by atoms with E-state index in [9.17, 15) is 0 Å². The molecular formula is C10H17N3. The van der Waals surface area contributed by atoms with Gasteiger partial charge in [0, 0.05) is 25.5 Å². The van der Waals surface area contributed by atoms with Gasteiger partial charge < -0.3 is 4.90 Å². The second kappa shape index (κ2) is 3.92. The minimum atomic E-state index is 0.887. The Kier molecular flexibility index (Phi) is 2.64. The summed E-state index contributed by atoms with van der Waals surface area (Å²) < 4.78 is 2.00. The van der Waals surface area contributed by atoms with Crippen molar-refractivity contribution in [2.24, 2.45) is 5.92 Å². The molecule has 1 aliphatic rings. The van der Waals surface area contributed by atoms with E-state index in [4.69, 9.17) is 0 Å². The molecule has 1 aromatic heterocycles. The maximum Gasteiger partial charge on any atom is 0.0536 e. The molecule has 0 saturated carbocycles. The van der Waals surface area contributed by atoms with Crippen LogP contribution in [0.5, 0.6) is 0 Å². The number of nitrogens with zero attached hydrogens (tertiary/aromatic N) is 3. The summed E-state index contributed by atoms with van der Waals surface area (Å²) in [6, 6.07) is 1.98. The predicted octanol–water partition coefficient (Wildman–Crippen LogP) is 1.22. The number of hydrogen-bond donors (Lipinski definition) is 0. The minimum absolute atomic E-state index is 0.887. The maximum absolute atomic E-state index is 4.19. The fourth-order valence-corrected chi connectivity index (χ4v) is 1.91. The van der Waals surface area contributed by atoms with Crippen molar-refractivity contribution in [2.75, 3.05) is 19.6 Å². The first-order valence-electron chi connectivity index (χ1n) is 5.04. The highest BCUT2D eigenvalue weighted by atomic mass is 15.3. The standard InChI is InChI=1S/C10H17N3/c1-10-3-6-12(9-10)7-8-13-5-2-4-11-13/h2,4-5,10H,3,6-9H2,1H3. The number of aromatic nitrogens is 2. The van der Waals surface area contributed by atoms with Crippen LogP contribution in [0.3, 0.4) is 0 Å². The average Bonchev–Trinajstić information content (AvgIpc) is 2.71. The van der Waals surface area contributed by atoms with E-state index >= 15 is 0 Å². The zero-order valence-electron chi connectivity index (χ0n) is 8.19. The van der Waals surface area contributed by atoms with Crippen molar-refractivity contribution in [1.82, 2.24) is 14.7 Å². The molecular weight excluding hydrogens is 162 g/mol. The summed E-state index contributed by atoms with van der Waals surface area (Å²) >= 11 is 0. The van der Waals surface area contributed by atoms with Crippen LogP contribution in [0.15, 0.2) is 18.5 Å². The number of hydrogen-bond acceptors (Lipinski definition) is 2. The lowest BCUT2D eigenvalue weighted by atomic mass is 10.2. The highest BCUT2D eigenvalue weighted by Gasteiger charge is 2.17. The molecule has 3 nitrogen and oxygen atoms in total. The molecule has 1 saturated heterocycles. The molecule has 2 heterocycles. The molecule has 1 atom stereocenters. The maximum atomic E-state index is 4.19. The lowest BCUT2D eigenvalue weighted by Gasteiger charge is -2.14. The van der Waals surface area contributed by atoms with Gasteiger partial charge in [-0.25, -0.2) is 0 Å². The normalized spacial score (nSPS) is 23.9. The third kappa shape index (κ3) is 2.31. The highest BCUT2D eigenvalue weighted by Crippen LogP contribution is 2.14. The van der Waals surface area contributed by atoms with Crippen LogP contribution >= 0.6 is 0 Å². The Morgan fingerprint density at radius 2 is 2.38 bits per heavy atom. The molecule has 1 unspecified atom stereocenters. The van der Waals surface area contributed by atoms with Gasteiger partial charge in [-0.15, -0.1) is 0 Å². The van der Waals surface area contributed by atoms with Crippen LogP contribution in [-0.2, 0) is 6.54 Å². The van der Waals surface area contributed by atoms with Gasteiger partial charge in [0.25, 0.3) is 0 Å². The minimum Gasteiger partial charge on any atom is -0.301 e. The second-order valence-electron chi connectivity index (χ2n) is 3.96. The van der Waals surface area contributed by atoms with E-state index in [0.717, 1.165) is 19.0 Å². The summed E-state index contributed by atoms with van der Waals surface area (Å²) in [7, 11) is 0. The molecule has 0 spiro atoms. The molecule has 0 aliphatic carbocycles. The molecule has 2 rings (SSSR count). The second-order valence-corrected chi connectivity index (χ2v) is 3.96. The van der Waals surface area contributed by atoms with E-state index in [2.05, 4.69) is 16.9 Å². The summed E-state index contributed by atoms with van der Waals surface area (Å²) in [5.41, 5.74) is 0. The summed E-state index contributed by atoms with van der Waals surface area (Å²) in [5, 5.41) is 4.19. The molecule has 0 aromatic carbocycles. The lowest BCUT2D eigenvalue weighted by molar-refractivity contribution is 0.306. The van der Waals surface area contributed by atoms with E-state index in [0.29, 0.717) is 0 Å². The first-order valence-corrected chi connectivity index (χ1v) is 5.04. The van der Waals surface area contributed by atoms with E-state index < -0.39 is 0 Å². The summed E-state index contributed by atoms with van der Waals surface area (Å²) in [4.78, 5) is 2.52. The van der Waals surface area contributed by atoms with Crippen molar-refractivity contribution in [3.8, 4) is 0 Å². The van der Waals surface area contributed by atoms with Crippen molar-refractivity contribution < 1.29 is 0 Å². The SMILES string of the molecule is CC1CCN(CCn2cccn2)C1. The molecule has 72 valence electrons. The fourth-order valence-electron chi connectivity index (χ4n) is 1.91. The van der Waals surface area contributed by atoms with Crippen molar-refractivity contribution in [1.29, 1.82) is 0 Å². The van der Waals surface area contributed by atoms with Crippen LogP contribution in [0.2, 0.25) is 0 Å². The van der Waals surface area contributed by atoms with Crippen molar-refractivity contribution in [3.63, 3.8) is 0 Å². The number of likely N-dealkylation sites (tertiary alicyclic amines) is 1. The van der Waals surface area contributed by atoms with Crippen molar-refractivity contribution in [2.45, 2.75) is 19.9 Å². The number of rotatable bonds is 3. The third-order valence-corrected chi connectivity index (χ3v) is 2.71. The Bertz CT molecular complexity index is 243. The fraction of sp³-hybridized carbons (Fsp3) is 0.700. The van der Waals surface area contributed by atoms with E-state index in [1.165, 1.54) is 19.5 Å². The molecule has 1 aromatic rings. The molecule has 0 N–H and O–H groups in total. The Morgan fingerprint density at radius 1 is 1.46 bits per heavy atom. The Labute approximate surface area is 79.3 Å². The van der Waals surface area contributed by atoms with Gasteiger partial charge in [-0.05, 0) is 24.9 Å². The third-order valence-electron chi connectivity index (χ3n) is 2.71. The lowest BCUT2D eigenvalue weighted by Crippen LogP contribution is -2.25. The topological polar surface area (TPSA) is 21.1 Å². The van der Waals surface area contributed by atoms with Gasteiger partial charge in [-0.1, -0.05) is 6.92 Å². The zero-order chi connectivity index (χ0) is 9.10. The first-order chi connectivity index (χ1) is 6.34. The van der Waals surface area contributed by atoms with Gasteiger partial charge in [0.05, 0.1) is 6.54 Å². The van der Waals surface area contributed by atoms with Gasteiger partial charge in [0.1, 0.15) is 0 Å². The molecule has 0 amide bonds. The highest BCUT2D eigenvalue weighted by molar-refractivity contribution is 4.78. The predicted molar refractivity (Wildman–Crippen MR) is 52.4 cm³/mol. The molecule has 0 radical (unpaired) electrons. The van der Waals surface area contributed by atoms with Gasteiger partial charge in [-0.2, -0.15) is 5.10 Å². The van der Waals surface area contributed by atoms with E-state index in [1.54, 1.807) is 0 Å². The van der Waals surface area contributed by atoms with Gasteiger partial charge >= 0.3 is 0 Å². The average molecular weight is 179 g/mol. The Balaban J connectivity index is 1.74. The monoisotopic (exact) mass is 179 g/mol. The van der Waals surface area contributed by atoms with Crippen LogP contribution in [0.25, 0.3) is 0 Å². The Hall–Kier alpha value is -0.830. The van der Waals surface area contributed by atoms with Crippen LogP contribution in [0.1, 0.15) is 13.3 Å². The quantitative estimate of drug-likeness (QED) is 0.695. The van der Waals surface area contributed by atoms with Gasteiger partial charge in [-0.3, -0.25) is 4.68 Å². The summed E-state index contributed by atoms with van der Waals surface area (Å²) in [6.45, 7) is 7.03. The summed E-state index contributed by atoms with van der Waals surface area (Å²) in [5.74, 6) is 0.887. The smallest absolute Gasteiger partial charge is 0.0536 e. The van der Waals surface area contributed by atoms with Gasteiger partial charge in [0.2, 0.25) is 0 Å². The Morgan fingerprint density at radius 3 is 3.00 bits per heavy atom. The van der Waals surface area contributed by atoms with Crippen molar-refractivity contribution in [3.05, 3.63) is 18.5 Å². The van der Waals surface area contributed by atoms with Crippen LogP contribution in [0, 0.1) is 5.92 Å².